The summed E-state index contributed by atoms with van der Waals surface area (Å²) < 4.78 is 5.37. The largest absolute Gasteiger partial charge is 0.444 e. The number of hydrogen-bond acceptors (Lipinski definition) is 6. The summed E-state index contributed by atoms with van der Waals surface area (Å²) in [5.74, 6) is 0.627. The summed E-state index contributed by atoms with van der Waals surface area (Å²) >= 11 is 0. The summed E-state index contributed by atoms with van der Waals surface area (Å²) in [6, 6.07) is 2.98. The minimum atomic E-state index is -0.493. The van der Waals surface area contributed by atoms with Crippen molar-refractivity contribution < 1.29 is 14.5 Å². The van der Waals surface area contributed by atoms with Gasteiger partial charge in [0.15, 0.2) is 0 Å². The third-order valence-electron chi connectivity index (χ3n) is 3.81. The molecule has 1 amide bonds. The average Bonchev–Trinajstić information content (AvgIpc) is 2.52. The molecule has 1 saturated heterocycles. The van der Waals surface area contributed by atoms with Gasteiger partial charge in [0.25, 0.3) is 0 Å². The van der Waals surface area contributed by atoms with Crippen LogP contribution in [0.15, 0.2) is 18.3 Å². The molecule has 1 aromatic heterocycles. The van der Waals surface area contributed by atoms with Crippen molar-refractivity contribution in [2.45, 2.75) is 39.2 Å². The van der Waals surface area contributed by atoms with E-state index in [9.17, 15) is 14.9 Å². The number of pyridine rings is 1. The molecule has 0 radical (unpaired) electrons. The van der Waals surface area contributed by atoms with Crippen LogP contribution in [-0.2, 0) is 4.74 Å². The zero-order valence-corrected chi connectivity index (χ0v) is 14.3. The summed E-state index contributed by atoms with van der Waals surface area (Å²) in [5.41, 5.74) is -0.517. The normalized spacial score (nSPS) is 15.9. The Balaban J connectivity index is 1.82. The Morgan fingerprint density at radius 3 is 2.71 bits per heavy atom. The minimum Gasteiger partial charge on any atom is -0.444 e. The number of nitrogens with zero attached hydrogens (tertiary/aromatic N) is 3. The van der Waals surface area contributed by atoms with E-state index in [-0.39, 0.29) is 17.6 Å². The lowest BCUT2D eigenvalue weighted by molar-refractivity contribution is -0.384. The van der Waals surface area contributed by atoms with E-state index >= 15 is 0 Å². The highest BCUT2D eigenvalue weighted by molar-refractivity contribution is 5.68. The highest BCUT2D eigenvalue weighted by Crippen LogP contribution is 2.23. The minimum absolute atomic E-state index is 0.0244. The summed E-state index contributed by atoms with van der Waals surface area (Å²) in [4.78, 5) is 28.3. The van der Waals surface area contributed by atoms with Crippen LogP contribution < -0.4 is 5.32 Å². The Morgan fingerprint density at radius 1 is 1.46 bits per heavy atom. The number of piperidine rings is 1. The van der Waals surface area contributed by atoms with Gasteiger partial charge in [0, 0.05) is 31.9 Å². The Kier molecular flexibility index (Phi) is 5.58. The Labute approximate surface area is 141 Å². The molecule has 1 fully saturated rings. The van der Waals surface area contributed by atoms with E-state index in [1.807, 2.05) is 20.8 Å². The monoisotopic (exact) mass is 336 g/mol. The SMILES string of the molecule is CC(C)(C)OC(=O)N1CCC(CNc2ncccc2[N+](=O)[O-])CC1. The van der Waals surface area contributed by atoms with Crippen LogP contribution in [-0.4, -0.2) is 46.1 Å². The third-order valence-corrected chi connectivity index (χ3v) is 3.81. The van der Waals surface area contributed by atoms with Crippen molar-refractivity contribution in [3.63, 3.8) is 0 Å². The van der Waals surface area contributed by atoms with Gasteiger partial charge in [0.05, 0.1) is 4.92 Å². The Morgan fingerprint density at radius 2 is 2.12 bits per heavy atom. The van der Waals surface area contributed by atoms with Crippen molar-refractivity contribution >= 4 is 17.6 Å². The first-order chi connectivity index (χ1) is 11.3. The maximum absolute atomic E-state index is 12.0. The number of carbonyl (C=O) groups excluding carboxylic acids is 1. The van der Waals surface area contributed by atoms with E-state index in [1.165, 1.54) is 12.3 Å². The van der Waals surface area contributed by atoms with E-state index in [1.54, 1.807) is 11.0 Å². The summed E-state index contributed by atoms with van der Waals surface area (Å²) in [6.07, 6.45) is 2.90. The van der Waals surface area contributed by atoms with Crippen molar-refractivity contribution in [3.8, 4) is 0 Å². The molecule has 2 heterocycles. The molecular weight excluding hydrogens is 312 g/mol. The van der Waals surface area contributed by atoms with E-state index in [4.69, 9.17) is 4.74 Å². The number of nitrogens with one attached hydrogen (secondary N) is 1. The standard InChI is InChI=1S/C16H24N4O4/c1-16(2,3)24-15(21)19-9-6-12(7-10-19)11-18-14-13(20(22)23)5-4-8-17-14/h4-5,8,12H,6-7,9-11H2,1-3H3,(H,17,18). The fourth-order valence-electron chi connectivity index (χ4n) is 2.57. The lowest BCUT2D eigenvalue weighted by Gasteiger charge is -2.33. The number of rotatable bonds is 4. The predicted octanol–water partition coefficient (Wildman–Crippen LogP) is 3.05. The van der Waals surface area contributed by atoms with Gasteiger partial charge < -0.3 is 15.0 Å². The van der Waals surface area contributed by atoms with Gasteiger partial charge in [-0.1, -0.05) is 0 Å². The number of ether oxygens (including phenoxy) is 1. The van der Waals surface area contributed by atoms with Crippen molar-refractivity contribution in [1.29, 1.82) is 0 Å². The van der Waals surface area contributed by atoms with Crippen LogP contribution in [0.2, 0.25) is 0 Å². The van der Waals surface area contributed by atoms with E-state index in [2.05, 4.69) is 10.3 Å². The Hall–Kier alpha value is -2.38. The van der Waals surface area contributed by atoms with Gasteiger partial charge in [-0.25, -0.2) is 9.78 Å². The molecule has 0 aliphatic carbocycles. The molecule has 8 nitrogen and oxygen atoms in total. The number of likely N-dealkylation sites (tertiary alicyclic amines) is 1. The molecule has 2 rings (SSSR count). The fourth-order valence-corrected chi connectivity index (χ4v) is 2.57. The van der Waals surface area contributed by atoms with E-state index in [0.717, 1.165) is 12.8 Å². The lowest BCUT2D eigenvalue weighted by Crippen LogP contribution is -2.42. The second-order valence-electron chi connectivity index (χ2n) is 6.92. The highest BCUT2D eigenvalue weighted by Gasteiger charge is 2.27. The zero-order chi connectivity index (χ0) is 17.7. The lowest BCUT2D eigenvalue weighted by atomic mass is 9.97. The molecule has 8 heteroatoms. The second kappa shape index (κ2) is 7.46. The number of aromatic nitrogens is 1. The molecule has 1 aliphatic rings. The first-order valence-electron chi connectivity index (χ1n) is 8.07. The molecule has 0 unspecified atom stereocenters. The smallest absolute Gasteiger partial charge is 0.410 e. The van der Waals surface area contributed by atoms with Crippen molar-refractivity contribution in [1.82, 2.24) is 9.88 Å². The molecule has 0 saturated carbocycles. The first kappa shape index (κ1) is 18.0. The molecule has 0 atom stereocenters. The van der Waals surface area contributed by atoms with Gasteiger partial charge in [-0.2, -0.15) is 0 Å². The van der Waals surface area contributed by atoms with Crippen LogP contribution in [0.3, 0.4) is 0 Å². The van der Waals surface area contributed by atoms with Crippen LogP contribution in [0.4, 0.5) is 16.3 Å². The molecule has 0 spiro atoms. The molecule has 132 valence electrons. The fraction of sp³-hybridized carbons (Fsp3) is 0.625. The van der Waals surface area contributed by atoms with E-state index in [0.29, 0.717) is 25.6 Å². The topological polar surface area (TPSA) is 97.6 Å². The number of amides is 1. The summed E-state index contributed by atoms with van der Waals surface area (Å²) in [5, 5.41) is 14.0. The van der Waals surface area contributed by atoms with Gasteiger partial charge >= 0.3 is 11.8 Å². The predicted molar refractivity (Wildman–Crippen MR) is 89.9 cm³/mol. The quantitative estimate of drug-likeness (QED) is 0.670. The van der Waals surface area contributed by atoms with Gasteiger partial charge in [-0.15, -0.1) is 0 Å². The average molecular weight is 336 g/mol. The maximum atomic E-state index is 12.0. The maximum Gasteiger partial charge on any atom is 0.410 e. The van der Waals surface area contributed by atoms with Crippen LogP contribution in [0.1, 0.15) is 33.6 Å². The van der Waals surface area contributed by atoms with E-state index < -0.39 is 10.5 Å². The molecule has 24 heavy (non-hydrogen) atoms. The van der Waals surface area contributed by atoms with Gasteiger partial charge in [0.2, 0.25) is 5.82 Å². The van der Waals surface area contributed by atoms with Crippen LogP contribution in [0.5, 0.6) is 0 Å². The number of hydrogen-bond donors (Lipinski definition) is 1. The van der Waals surface area contributed by atoms with Crippen molar-refractivity contribution in [3.05, 3.63) is 28.4 Å². The molecule has 1 aliphatic heterocycles. The molecule has 0 aromatic carbocycles. The number of anilines is 1. The van der Waals surface area contributed by atoms with Gasteiger partial charge in [-0.05, 0) is 45.6 Å². The molecule has 1 N–H and O–H groups in total. The third kappa shape index (κ3) is 5.07. The highest BCUT2D eigenvalue weighted by atomic mass is 16.6. The number of nitro groups is 1. The van der Waals surface area contributed by atoms with Crippen molar-refractivity contribution in [2.24, 2.45) is 5.92 Å². The zero-order valence-electron chi connectivity index (χ0n) is 14.3. The summed E-state index contributed by atoms with van der Waals surface area (Å²) in [6.45, 7) is 7.40. The van der Waals surface area contributed by atoms with Gasteiger partial charge in [0.1, 0.15) is 5.60 Å². The number of carbonyl (C=O) groups is 1. The Bertz CT molecular complexity index is 592. The molecular formula is C16H24N4O4. The first-order valence-corrected chi connectivity index (χ1v) is 8.07. The van der Waals surface area contributed by atoms with Crippen LogP contribution in [0.25, 0.3) is 0 Å². The molecule has 0 bridgehead atoms. The van der Waals surface area contributed by atoms with Crippen LogP contribution >= 0.6 is 0 Å². The van der Waals surface area contributed by atoms with Crippen LogP contribution in [0, 0.1) is 16.0 Å². The van der Waals surface area contributed by atoms with Crippen molar-refractivity contribution in [2.75, 3.05) is 25.0 Å². The van der Waals surface area contributed by atoms with Gasteiger partial charge in [-0.3, -0.25) is 10.1 Å². The summed E-state index contributed by atoms with van der Waals surface area (Å²) in [7, 11) is 0. The molecule has 1 aromatic rings. The second-order valence-corrected chi connectivity index (χ2v) is 6.92.